The maximum atomic E-state index is 13.7. The number of fused-ring (bicyclic) bond motifs is 1. The van der Waals surface area contributed by atoms with Crippen molar-refractivity contribution in [3.05, 3.63) is 40.4 Å². The SMILES string of the molecule is CCCC[C@H]1C(=O)C(C)(C)[C@@H](O)CC(=O)O[C@H](c2ccc3sc(C)nc3c2)C/C=C(/C)CCC[C@H](C)[C@@H]1O. The molecule has 6 nitrogen and oxygen atoms in total. The highest BCUT2D eigenvalue weighted by Crippen LogP contribution is 2.36. The lowest BCUT2D eigenvalue weighted by atomic mass is 9.71. The number of thiazole rings is 1. The van der Waals surface area contributed by atoms with Crippen LogP contribution in [0.25, 0.3) is 10.2 Å². The van der Waals surface area contributed by atoms with E-state index in [0.717, 1.165) is 52.9 Å². The van der Waals surface area contributed by atoms with Crippen molar-refractivity contribution in [1.29, 1.82) is 0 Å². The van der Waals surface area contributed by atoms with Crippen molar-refractivity contribution in [2.45, 2.75) is 111 Å². The fourth-order valence-electron chi connectivity index (χ4n) is 5.34. The van der Waals surface area contributed by atoms with Gasteiger partial charge in [-0.1, -0.05) is 58.3 Å². The molecular weight excluding hydrogens is 498 g/mol. The molecule has 0 saturated carbocycles. The number of hydrogen-bond donors (Lipinski definition) is 2. The number of ketones is 1. The molecule has 0 radical (unpaired) electrons. The minimum atomic E-state index is -1.22. The number of carbonyl (C=O) groups excluding carboxylic acids is 2. The van der Waals surface area contributed by atoms with Crippen LogP contribution < -0.4 is 0 Å². The summed E-state index contributed by atoms with van der Waals surface area (Å²) in [7, 11) is 0. The summed E-state index contributed by atoms with van der Waals surface area (Å²) in [6.07, 6.45) is 4.72. The van der Waals surface area contributed by atoms with Gasteiger partial charge in [-0.2, -0.15) is 0 Å². The third-order valence-corrected chi connectivity index (χ3v) is 9.06. The smallest absolute Gasteiger partial charge is 0.309 e. The van der Waals surface area contributed by atoms with E-state index in [1.54, 1.807) is 25.2 Å². The zero-order valence-corrected chi connectivity index (χ0v) is 24.6. The van der Waals surface area contributed by atoms with Gasteiger partial charge in [0.1, 0.15) is 11.9 Å². The van der Waals surface area contributed by atoms with E-state index in [1.807, 2.05) is 32.0 Å². The summed E-state index contributed by atoms with van der Waals surface area (Å²) < 4.78 is 7.03. The van der Waals surface area contributed by atoms with Gasteiger partial charge in [0.15, 0.2) is 0 Å². The highest BCUT2D eigenvalue weighted by atomic mass is 32.1. The number of carbonyl (C=O) groups is 2. The zero-order valence-electron chi connectivity index (χ0n) is 23.8. The largest absolute Gasteiger partial charge is 0.457 e. The fraction of sp³-hybridized carbons (Fsp3) is 0.645. The van der Waals surface area contributed by atoms with Gasteiger partial charge in [-0.05, 0) is 63.1 Å². The van der Waals surface area contributed by atoms with Gasteiger partial charge in [-0.25, -0.2) is 4.98 Å². The van der Waals surface area contributed by atoms with E-state index in [9.17, 15) is 19.8 Å². The molecule has 5 atom stereocenters. The number of nitrogens with zero attached hydrogens (tertiary/aromatic N) is 1. The standard InChI is InChI=1S/C31H45NO5S/c1-7-8-12-23-29(35)20(3)11-9-10-19(2)13-15-25(22-14-16-26-24(17-22)32-21(4)38-26)37-28(34)18-27(33)31(5,6)30(23)36/h13-14,16-17,20,23,25,27,29,33,35H,7-12,15,18H2,1-6H3/b19-13-/t20-,23+,25-,27-,29-/m0/s1. The number of benzene rings is 1. The third-order valence-electron chi connectivity index (χ3n) is 8.10. The van der Waals surface area contributed by atoms with Crippen LogP contribution in [-0.4, -0.2) is 39.2 Å². The first-order chi connectivity index (χ1) is 17.9. The van der Waals surface area contributed by atoms with Gasteiger partial charge in [-0.15, -0.1) is 11.3 Å². The predicted molar refractivity (Wildman–Crippen MR) is 153 cm³/mol. The normalized spacial score (nSPS) is 29.6. The van der Waals surface area contributed by atoms with Crippen molar-refractivity contribution in [1.82, 2.24) is 4.98 Å². The number of cyclic esters (lactones) is 1. The number of aryl methyl sites for hydroxylation is 1. The second-order valence-electron chi connectivity index (χ2n) is 11.6. The van der Waals surface area contributed by atoms with Crippen LogP contribution in [0.5, 0.6) is 0 Å². The van der Waals surface area contributed by atoms with E-state index in [0.29, 0.717) is 12.8 Å². The lowest BCUT2D eigenvalue weighted by Crippen LogP contribution is -2.46. The Morgan fingerprint density at radius 1 is 1.18 bits per heavy atom. The molecule has 0 amide bonds. The summed E-state index contributed by atoms with van der Waals surface area (Å²) in [6.45, 7) is 11.5. The van der Waals surface area contributed by atoms with Crippen LogP contribution in [-0.2, 0) is 14.3 Å². The molecule has 2 aromatic rings. The van der Waals surface area contributed by atoms with Crippen LogP contribution in [0.15, 0.2) is 29.8 Å². The average molecular weight is 544 g/mol. The molecule has 1 aliphatic rings. The summed E-state index contributed by atoms with van der Waals surface area (Å²) in [5.41, 5.74) is 1.75. The molecular formula is C31H45NO5S. The average Bonchev–Trinajstić information content (AvgIpc) is 3.24. The van der Waals surface area contributed by atoms with Crippen molar-refractivity contribution >= 4 is 33.3 Å². The third kappa shape index (κ3) is 7.51. The Hall–Kier alpha value is -2.09. The number of aliphatic hydroxyl groups is 2. The Morgan fingerprint density at radius 2 is 1.92 bits per heavy atom. The number of esters is 1. The molecule has 210 valence electrons. The molecule has 0 saturated heterocycles. The molecule has 3 rings (SSSR count). The molecule has 0 fully saturated rings. The Labute approximate surface area is 231 Å². The number of aromatic nitrogens is 1. The first-order valence-electron chi connectivity index (χ1n) is 14.1. The Balaban J connectivity index is 1.92. The topological polar surface area (TPSA) is 96.7 Å². The van der Waals surface area contributed by atoms with Gasteiger partial charge in [0.2, 0.25) is 0 Å². The van der Waals surface area contributed by atoms with Gasteiger partial charge >= 0.3 is 5.97 Å². The molecule has 0 aliphatic carbocycles. The van der Waals surface area contributed by atoms with Gasteiger partial charge in [0.25, 0.3) is 0 Å². The minimum absolute atomic E-state index is 0.0412. The molecule has 1 aromatic heterocycles. The predicted octanol–water partition coefficient (Wildman–Crippen LogP) is 6.86. The summed E-state index contributed by atoms with van der Waals surface area (Å²) in [5.74, 6) is -1.35. The molecule has 1 aliphatic heterocycles. The number of rotatable bonds is 4. The van der Waals surface area contributed by atoms with Crippen LogP contribution in [0.4, 0.5) is 0 Å². The van der Waals surface area contributed by atoms with E-state index in [2.05, 4.69) is 24.9 Å². The maximum Gasteiger partial charge on any atom is 0.309 e. The van der Waals surface area contributed by atoms with Crippen LogP contribution in [0.1, 0.15) is 103 Å². The van der Waals surface area contributed by atoms with Crippen LogP contribution in [0, 0.1) is 24.2 Å². The summed E-state index contributed by atoms with van der Waals surface area (Å²) >= 11 is 1.63. The molecule has 0 unspecified atom stereocenters. The van der Waals surface area contributed by atoms with Crippen molar-refractivity contribution in [2.24, 2.45) is 17.3 Å². The molecule has 38 heavy (non-hydrogen) atoms. The van der Waals surface area contributed by atoms with Crippen molar-refractivity contribution in [3.8, 4) is 0 Å². The zero-order chi connectivity index (χ0) is 28.0. The summed E-state index contributed by atoms with van der Waals surface area (Å²) in [4.78, 5) is 31.4. The van der Waals surface area contributed by atoms with Crippen molar-refractivity contribution in [2.75, 3.05) is 0 Å². The first kappa shape index (κ1) is 30.5. The number of hydrogen-bond acceptors (Lipinski definition) is 7. The van der Waals surface area contributed by atoms with E-state index < -0.39 is 35.6 Å². The first-order valence-corrected chi connectivity index (χ1v) is 14.9. The van der Waals surface area contributed by atoms with Gasteiger partial charge in [0, 0.05) is 12.3 Å². The highest BCUT2D eigenvalue weighted by molar-refractivity contribution is 7.18. The second kappa shape index (κ2) is 13.3. The molecule has 7 heteroatoms. The van der Waals surface area contributed by atoms with Crippen LogP contribution in [0.2, 0.25) is 0 Å². The Bertz CT molecular complexity index is 1140. The van der Waals surface area contributed by atoms with Crippen LogP contribution >= 0.6 is 11.3 Å². The van der Waals surface area contributed by atoms with Crippen molar-refractivity contribution in [3.63, 3.8) is 0 Å². The molecule has 1 aromatic carbocycles. The van der Waals surface area contributed by atoms with Gasteiger partial charge in [-0.3, -0.25) is 9.59 Å². The van der Waals surface area contributed by atoms with Crippen molar-refractivity contribution < 1.29 is 24.5 Å². The summed E-state index contributed by atoms with van der Waals surface area (Å²) in [5, 5.41) is 23.3. The van der Waals surface area contributed by atoms with Gasteiger partial charge in [0.05, 0.1) is 39.3 Å². The number of unbranched alkanes of at least 4 members (excludes halogenated alkanes) is 1. The fourth-order valence-corrected chi connectivity index (χ4v) is 6.14. The number of ether oxygens (including phenoxy) is 1. The monoisotopic (exact) mass is 543 g/mol. The Kier molecular flexibility index (Phi) is 10.7. The second-order valence-corrected chi connectivity index (χ2v) is 12.9. The van der Waals surface area contributed by atoms with Crippen LogP contribution in [0.3, 0.4) is 0 Å². The van der Waals surface area contributed by atoms with E-state index in [-0.39, 0.29) is 18.1 Å². The van der Waals surface area contributed by atoms with E-state index in [4.69, 9.17) is 4.74 Å². The number of Topliss-reactive ketones (excluding diaryl/α,β-unsaturated/α-hetero) is 1. The van der Waals surface area contributed by atoms with E-state index in [1.165, 1.54) is 5.57 Å². The minimum Gasteiger partial charge on any atom is -0.457 e. The lowest BCUT2D eigenvalue weighted by Gasteiger charge is -2.36. The molecule has 2 heterocycles. The molecule has 0 spiro atoms. The number of aliphatic hydroxyl groups excluding tert-OH is 2. The molecule has 2 N–H and O–H groups in total. The summed E-state index contributed by atoms with van der Waals surface area (Å²) in [6, 6.07) is 5.97. The van der Waals surface area contributed by atoms with E-state index >= 15 is 0 Å². The number of allylic oxidation sites excluding steroid dienone is 1. The lowest BCUT2D eigenvalue weighted by molar-refractivity contribution is -0.156. The quantitative estimate of drug-likeness (QED) is 0.323. The highest BCUT2D eigenvalue weighted by Gasteiger charge is 2.43. The molecule has 0 bridgehead atoms. The van der Waals surface area contributed by atoms with Gasteiger partial charge < -0.3 is 14.9 Å². The Morgan fingerprint density at radius 3 is 2.63 bits per heavy atom. The maximum absolute atomic E-state index is 13.7.